The molecule has 0 fully saturated rings. The van der Waals surface area contributed by atoms with Gasteiger partial charge in [-0.3, -0.25) is 0 Å². The zero-order chi connectivity index (χ0) is 17.2. The van der Waals surface area contributed by atoms with Crippen LogP contribution in [0.25, 0.3) is 16.8 Å². The van der Waals surface area contributed by atoms with Crippen LogP contribution < -0.4 is 0 Å². The fourth-order valence-corrected chi connectivity index (χ4v) is 3.87. The normalized spacial score (nSPS) is 11.1. The maximum absolute atomic E-state index is 4.74. The van der Waals surface area contributed by atoms with Crippen molar-refractivity contribution in [3.05, 3.63) is 83.7 Å². The molecule has 0 saturated heterocycles. The van der Waals surface area contributed by atoms with Crippen LogP contribution in [0.3, 0.4) is 0 Å². The van der Waals surface area contributed by atoms with Crippen LogP contribution in [-0.2, 0) is 5.75 Å². The highest BCUT2D eigenvalue weighted by Crippen LogP contribution is 2.29. The molecule has 0 amide bonds. The van der Waals surface area contributed by atoms with Crippen LogP contribution in [-0.4, -0.2) is 14.6 Å². The van der Waals surface area contributed by atoms with Crippen molar-refractivity contribution in [3.8, 4) is 11.3 Å². The average molecular weight is 345 g/mol. The summed E-state index contributed by atoms with van der Waals surface area (Å²) in [5.74, 6) is 0.902. The number of thioether (sulfide) groups is 1. The third-order valence-corrected chi connectivity index (χ3v) is 5.30. The Morgan fingerprint density at radius 3 is 2.72 bits per heavy atom. The first-order chi connectivity index (χ1) is 12.2. The Bertz CT molecular complexity index is 1040. The monoisotopic (exact) mass is 345 g/mol. The van der Waals surface area contributed by atoms with Crippen LogP contribution in [0, 0.1) is 13.8 Å². The molecule has 0 unspecified atom stereocenters. The molecule has 0 radical (unpaired) electrons. The number of aromatic nitrogens is 3. The summed E-state index contributed by atoms with van der Waals surface area (Å²) in [4.78, 5) is 4.58. The Morgan fingerprint density at radius 2 is 1.88 bits per heavy atom. The van der Waals surface area contributed by atoms with Gasteiger partial charge in [0.1, 0.15) is 5.03 Å². The smallest absolute Gasteiger partial charge is 0.122 e. The molecule has 0 aliphatic rings. The maximum atomic E-state index is 4.74. The van der Waals surface area contributed by atoms with Gasteiger partial charge < -0.3 is 0 Å². The van der Waals surface area contributed by atoms with Gasteiger partial charge in [-0.2, -0.15) is 5.10 Å². The zero-order valence-electron chi connectivity index (χ0n) is 14.3. The van der Waals surface area contributed by atoms with Crippen molar-refractivity contribution in [2.75, 3.05) is 0 Å². The molecule has 0 saturated carbocycles. The Morgan fingerprint density at radius 1 is 1.00 bits per heavy atom. The van der Waals surface area contributed by atoms with E-state index in [2.05, 4.69) is 73.4 Å². The SMILES string of the molecule is Cc1cccc(CSc2nccn3nc(-c4ccccc4C)cc23)c1. The Labute approximate surface area is 151 Å². The summed E-state index contributed by atoms with van der Waals surface area (Å²) in [7, 11) is 0. The summed E-state index contributed by atoms with van der Waals surface area (Å²) in [5.41, 5.74) is 7.04. The van der Waals surface area contributed by atoms with Gasteiger partial charge in [-0.1, -0.05) is 65.9 Å². The Balaban J connectivity index is 1.67. The van der Waals surface area contributed by atoms with E-state index >= 15 is 0 Å². The molecule has 0 spiro atoms. The minimum atomic E-state index is 0.902. The summed E-state index contributed by atoms with van der Waals surface area (Å²) in [6, 6.07) is 19.1. The molecule has 0 atom stereocenters. The van der Waals surface area contributed by atoms with Crippen molar-refractivity contribution in [1.82, 2.24) is 14.6 Å². The van der Waals surface area contributed by atoms with Gasteiger partial charge >= 0.3 is 0 Å². The van der Waals surface area contributed by atoms with Crippen molar-refractivity contribution in [2.24, 2.45) is 0 Å². The van der Waals surface area contributed by atoms with E-state index in [0.29, 0.717) is 0 Å². The molecule has 2 aromatic heterocycles. The van der Waals surface area contributed by atoms with Gasteiger partial charge in [0.15, 0.2) is 0 Å². The molecule has 2 aromatic carbocycles. The second kappa shape index (κ2) is 6.73. The van der Waals surface area contributed by atoms with Gasteiger partial charge in [0, 0.05) is 23.7 Å². The standard InChI is InChI=1S/C21H19N3S/c1-15-6-5-8-17(12-15)14-25-21-20-13-19(23-24(20)11-10-22-21)18-9-4-3-7-16(18)2/h3-13H,14H2,1-2H3. The van der Waals surface area contributed by atoms with Gasteiger partial charge in [-0.25, -0.2) is 9.50 Å². The minimum absolute atomic E-state index is 0.902. The highest BCUT2D eigenvalue weighted by atomic mass is 32.2. The van der Waals surface area contributed by atoms with E-state index in [9.17, 15) is 0 Å². The number of benzene rings is 2. The van der Waals surface area contributed by atoms with Crippen molar-refractivity contribution in [3.63, 3.8) is 0 Å². The summed E-state index contributed by atoms with van der Waals surface area (Å²) in [6.45, 7) is 4.24. The minimum Gasteiger partial charge on any atom is -0.246 e. The van der Waals surface area contributed by atoms with Gasteiger partial charge in [-0.05, 0) is 31.0 Å². The lowest BCUT2D eigenvalue weighted by atomic mass is 10.1. The Hall–Kier alpha value is -2.59. The number of aryl methyl sites for hydroxylation is 2. The number of hydrogen-bond donors (Lipinski definition) is 0. The number of fused-ring (bicyclic) bond motifs is 1. The van der Waals surface area contributed by atoms with Crippen molar-refractivity contribution in [2.45, 2.75) is 24.6 Å². The van der Waals surface area contributed by atoms with E-state index in [1.807, 2.05) is 16.9 Å². The fraction of sp³-hybridized carbons (Fsp3) is 0.143. The van der Waals surface area contributed by atoms with E-state index in [4.69, 9.17) is 5.10 Å². The van der Waals surface area contributed by atoms with Crippen LogP contribution >= 0.6 is 11.8 Å². The number of hydrogen-bond acceptors (Lipinski definition) is 3. The zero-order valence-corrected chi connectivity index (χ0v) is 15.1. The van der Waals surface area contributed by atoms with Crippen molar-refractivity contribution < 1.29 is 0 Å². The molecule has 124 valence electrons. The third-order valence-electron chi connectivity index (χ3n) is 4.23. The summed E-state index contributed by atoms with van der Waals surface area (Å²) in [5, 5.41) is 5.75. The largest absolute Gasteiger partial charge is 0.246 e. The first-order valence-electron chi connectivity index (χ1n) is 8.29. The molecule has 0 aliphatic heterocycles. The molecule has 4 heteroatoms. The Kier molecular flexibility index (Phi) is 4.28. The molecule has 0 aliphatic carbocycles. The third kappa shape index (κ3) is 3.30. The topological polar surface area (TPSA) is 30.2 Å². The van der Waals surface area contributed by atoms with E-state index < -0.39 is 0 Å². The quantitative estimate of drug-likeness (QED) is 0.470. The molecule has 3 nitrogen and oxygen atoms in total. The fourth-order valence-electron chi connectivity index (χ4n) is 2.95. The summed E-state index contributed by atoms with van der Waals surface area (Å²) in [6.07, 6.45) is 3.73. The molecule has 4 rings (SSSR count). The van der Waals surface area contributed by atoms with Gasteiger partial charge in [0.05, 0.1) is 11.2 Å². The molecular formula is C21H19N3S. The predicted octanol–water partition coefficient (Wildman–Crippen LogP) is 5.31. The lowest BCUT2D eigenvalue weighted by Gasteiger charge is -2.04. The lowest BCUT2D eigenvalue weighted by molar-refractivity contribution is 0.920. The van der Waals surface area contributed by atoms with E-state index in [-0.39, 0.29) is 0 Å². The van der Waals surface area contributed by atoms with Gasteiger partial charge in [-0.15, -0.1) is 0 Å². The van der Waals surface area contributed by atoms with E-state index in [1.54, 1.807) is 11.8 Å². The maximum Gasteiger partial charge on any atom is 0.122 e. The van der Waals surface area contributed by atoms with E-state index in [0.717, 1.165) is 22.0 Å². The number of rotatable bonds is 4. The van der Waals surface area contributed by atoms with Crippen LogP contribution in [0.5, 0.6) is 0 Å². The molecule has 25 heavy (non-hydrogen) atoms. The second-order valence-electron chi connectivity index (χ2n) is 6.18. The molecule has 2 heterocycles. The molecule has 4 aromatic rings. The lowest BCUT2D eigenvalue weighted by Crippen LogP contribution is -1.91. The van der Waals surface area contributed by atoms with Crippen LogP contribution in [0.4, 0.5) is 0 Å². The second-order valence-corrected chi connectivity index (χ2v) is 7.15. The summed E-state index contributed by atoms with van der Waals surface area (Å²) < 4.78 is 1.92. The van der Waals surface area contributed by atoms with Crippen LogP contribution in [0.1, 0.15) is 16.7 Å². The highest BCUT2D eigenvalue weighted by molar-refractivity contribution is 7.98. The van der Waals surface area contributed by atoms with Crippen LogP contribution in [0.15, 0.2) is 72.0 Å². The molecule has 0 bridgehead atoms. The first-order valence-corrected chi connectivity index (χ1v) is 9.28. The van der Waals surface area contributed by atoms with Gasteiger partial charge in [0.25, 0.3) is 0 Å². The average Bonchev–Trinajstić information content (AvgIpc) is 3.05. The predicted molar refractivity (Wildman–Crippen MR) is 104 cm³/mol. The molecular weight excluding hydrogens is 326 g/mol. The number of nitrogens with zero attached hydrogens (tertiary/aromatic N) is 3. The van der Waals surface area contributed by atoms with Crippen molar-refractivity contribution in [1.29, 1.82) is 0 Å². The first kappa shape index (κ1) is 15.9. The van der Waals surface area contributed by atoms with Crippen molar-refractivity contribution >= 4 is 17.3 Å². The van der Waals surface area contributed by atoms with Gasteiger partial charge in [0.2, 0.25) is 0 Å². The molecule has 0 N–H and O–H groups in total. The van der Waals surface area contributed by atoms with Crippen LogP contribution in [0.2, 0.25) is 0 Å². The highest BCUT2D eigenvalue weighted by Gasteiger charge is 2.11. The summed E-state index contributed by atoms with van der Waals surface area (Å²) >= 11 is 1.75. The van der Waals surface area contributed by atoms with E-state index in [1.165, 1.54) is 22.3 Å².